The van der Waals surface area contributed by atoms with Crippen molar-refractivity contribution in [2.24, 2.45) is 0 Å². The number of pyridine rings is 1. The van der Waals surface area contributed by atoms with Gasteiger partial charge in [-0.25, -0.2) is 9.59 Å². The van der Waals surface area contributed by atoms with Gasteiger partial charge in [0.2, 0.25) is 0 Å². The van der Waals surface area contributed by atoms with Crippen LogP contribution in [0.3, 0.4) is 0 Å². The number of likely N-dealkylation sites (tertiary alicyclic amines) is 1. The minimum atomic E-state index is -0.416. The number of carbonyl (C=O) groups is 2. The highest BCUT2D eigenvalue weighted by Gasteiger charge is 2.30. The van der Waals surface area contributed by atoms with Crippen LogP contribution < -0.4 is 5.32 Å². The number of rotatable bonds is 4. The van der Waals surface area contributed by atoms with Gasteiger partial charge in [-0.1, -0.05) is 0 Å². The van der Waals surface area contributed by atoms with Crippen LogP contribution >= 0.6 is 11.3 Å². The molecule has 0 spiro atoms. The number of hydrogen-bond donors (Lipinski definition) is 1. The van der Waals surface area contributed by atoms with E-state index in [1.54, 1.807) is 30.8 Å². The van der Waals surface area contributed by atoms with Gasteiger partial charge in [-0.15, -0.1) is 11.3 Å². The molecule has 24 heavy (non-hydrogen) atoms. The Bertz CT molecular complexity index is 717. The number of amides is 2. The standard InChI is InChI=1S/C17H19N3O3S/c1-2-23-16(21)13-7-11-24-15(13)19-17(22)20-10-3-4-14(20)12-5-8-18-9-6-12/h5-9,11,14H,2-4,10H2,1H3,(H,19,22). The van der Waals surface area contributed by atoms with Crippen LogP contribution in [0.1, 0.15) is 41.7 Å². The van der Waals surface area contributed by atoms with Crippen molar-refractivity contribution in [1.29, 1.82) is 0 Å². The number of hydrogen-bond acceptors (Lipinski definition) is 5. The Balaban J connectivity index is 1.73. The van der Waals surface area contributed by atoms with Gasteiger partial charge in [0.05, 0.1) is 18.2 Å². The highest BCUT2D eigenvalue weighted by molar-refractivity contribution is 7.14. The van der Waals surface area contributed by atoms with Crippen molar-refractivity contribution in [3.8, 4) is 0 Å². The summed E-state index contributed by atoms with van der Waals surface area (Å²) < 4.78 is 5.02. The van der Waals surface area contributed by atoms with E-state index in [1.807, 2.05) is 17.0 Å². The van der Waals surface area contributed by atoms with Gasteiger partial charge >= 0.3 is 12.0 Å². The first kappa shape index (κ1) is 16.4. The van der Waals surface area contributed by atoms with Crippen LogP contribution in [0.5, 0.6) is 0 Å². The van der Waals surface area contributed by atoms with Gasteiger partial charge in [0, 0.05) is 18.9 Å². The van der Waals surface area contributed by atoms with Crippen LogP contribution in [0.4, 0.5) is 9.80 Å². The number of carbonyl (C=O) groups excluding carboxylic acids is 2. The zero-order valence-corrected chi connectivity index (χ0v) is 14.2. The normalized spacial score (nSPS) is 16.9. The van der Waals surface area contributed by atoms with Gasteiger partial charge in [-0.3, -0.25) is 10.3 Å². The fourth-order valence-corrected chi connectivity index (χ4v) is 3.65. The van der Waals surface area contributed by atoms with Crippen LogP contribution in [0.25, 0.3) is 0 Å². The maximum atomic E-state index is 12.7. The maximum Gasteiger partial charge on any atom is 0.341 e. The Morgan fingerprint density at radius 1 is 1.38 bits per heavy atom. The van der Waals surface area contributed by atoms with Crippen LogP contribution in [0.15, 0.2) is 36.0 Å². The first-order valence-corrected chi connectivity index (χ1v) is 8.81. The molecule has 1 unspecified atom stereocenters. The summed E-state index contributed by atoms with van der Waals surface area (Å²) in [5.41, 5.74) is 1.48. The lowest BCUT2D eigenvalue weighted by molar-refractivity contribution is 0.0528. The molecule has 7 heteroatoms. The molecule has 2 aromatic rings. The Labute approximate surface area is 144 Å². The average molecular weight is 345 g/mol. The second-order valence-corrected chi connectivity index (χ2v) is 6.36. The number of esters is 1. The molecule has 0 aliphatic carbocycles. The van der Waals surface area contributed by atoms with E-state index in [-0.39, 0.29) is 12.1 Å². The summed E-state index contributed by atoms with van der Waals surface area (Å²) in [6, 6.07) is 5.39. The van der Waals surface area contributed by atoms with Gasteiger partial charge in [0.1, 0.15) is 5.00 Å². The number of ether oxygens (including phenoxy) is 1. The Morgan fingerprint density at radius 2 is 2.17 bits per heavy atom. The summed E-state index contributed by atoms with van der Waals surface area (Å²) in [5.74, 6) is -0.416. The summed E-state index contributed by atoms with van der Waals surface area (Å²) >= 11 is 1.32. The van der Waals surface area contributed by atoms with E-state index in [9.17, 15) is 9.59 Å². The van der Waals surface area contributed by atoms with Crippen LogP contribution in [0.2, 0.25) is 0 Å². The molecule has 0 radical (unpaired) electrons. The smallest absolute Gasteiger partial charge is 0.341 e. The fraction of sp³-hybridized carbons (Fsp3) is 0.353. The van der Waals surface area contributed by atoms with E-state index in [0.717, 1.165) is 18.4 Å². The molecule has 1 N–H and O–H groups in total. The topological polar surface area (TPSA) is 71.5 Å². The molecular weight excluding hydrogens is 326 g/mol. The van der Waals surface area contributed by atoms with Crippen molar-refractivity contribution in [2.75, 3.05) is 18.5 Å². The highest BCUT2D eigenvalue weighted by atomic mass is 32.1. The molecule has 1 aliphatic rings. The summed E-state index contributed by atoms with van der Waals surface area (Å²) in [4.78, 5) is 30.4. The third-order valence-corrected chi connectivity index (χ3v) is 4.82. The van der Waals surface area contributed by atoms with Crippen molar-refractivity contribution >= 4 is 28.3 Å². The molecule has 0 bridgehead atoms. The molecule has 3 rings (SSSR count). The second-order valence-electron chi connectivity index (χ2n) is 5.45. The molecule has 1 saturated heterocycles. The van der Waals surface area contributed by atoms with Crippen LogP contribution in [0, 0.1) is 0 Å². The molecule has 2 aromatic heterocycles. The summed E-state index contributed by atoms with van der Waals surface area (Å²) in [6.07, 6.45) is 5.35. The number of nitrogens with one attached hydrogen (secondary N) is 1. The Kier molecular flexibility index (Phi) is 5.10. The summed E-state index contributed by atoms with van der Waals surface area (Å²) in [5, 5.41) is 5.16. The molecule has 1 atom stereocenters. The largest absolute Gasteiger partial charge is 0.462 e. The number of aromatic nitrogens is 1. The predicted molar refractivity (Wildman–Crippen MR) is 92.2 cm³/mol. The lowest BCUT2D eigenvalue weighted by Crippen LogP contribution is -2.34. The zero-order valence-electron chi connectivity index (χ0n) is 13.4. The molecule has 126 valence electrons. The van der Waals surface area contributed by atoms with Crippen molar-refractivity contribution in [3.05, 3.63) is 47.1 Å². The Hall–Kier alpha value is -2.41. The number of anilines is 1. The number of urea groups is 1. The van der Waals surface area contributed by atoms with Gasteiger partial charge in [0.25, 0.3) is 0 Å². The molecule has 1 aliphatic heterocycles. The third-order valence-electron chi connectivity index (χ3n) is 3.99. The van der Waals surface area contributed by atoms with Crippen molar-refractivity contribution < 1.29 is 14.3 Å². The molecule has 0 saturated carbocycles. The average Bonchev–Trinajstić information content (AvgIpc) is 3.25. The SMILES string of the molecule is CCOC(=O)c1ccsc1NC(=O)N1CCCC1c1ccncc1. The minimum Gasteiger partial charge on any atom is -0.462 e. The van der Waals surface area contributed by atoms with Crippen LogP contribution in [-0.4, -0.2) is 35.0 Å². The van der Waals surface area contributed by atoms with Gasteiger partial charge in [0.15, 0.2) is 0 Å². The van der Waals surface area contributed by atoms with Crippen molar-refractivity contribution in [2.45, 2.75) is 25.8 Å². The van der Waals surface area contributed by atoms with Crippen molar-refractivity contribution in [1.82, 2.24) is 9.88 Å². The zero-order chi connectivity index (χ0) is 16.9. The van der Waals surface area contributed by atoms with Gasteiger partial charge < -0.3 is 9.64 Å². The predicted octanol–water partition coefficient (Wildman–Crippen LogP) is 3.69. The Morgan fingerprint density at radius 3 is 2.92 bits per heavy atom. The third kappa shape index (κ3) is 3.41. The monoisotopic (exact) mass is 345 g/mol. The molecule has 3 heterocycles. The van der Waals surface area contributed by atoms with E-state index < -0.39 is 5.97 Å². The highest BCUT2D eigenvalue weighted by Crippen LogP contribution is 2.33. The maximum absolute atomic E-state index is 12.7. The first-order valence-electron chi connectivity index (χ1n) is 7.93. The summed E-state index contributed by atoms with van der Waals surface area (Å²) in [6.45, 7) is 2.75. The van der Waals surface area contributed by atoms with E-state index in [1.165, 1.54) is 11.3 Å². The molecule has 6 nitrogen and oxygen atoms in total. The molecule has 2 amide bonds. The van der Waals surface area contributed by atoms with Crippen molar-refractivity contribution in [3.63, 3.8) is 0 Å². The van der Waals surface area contributed by atoms with Gasteiger partial charge in [-0.05, 0) is 48.9 Å². The van der Waals surface area contributed by atoms with Crippen LogP contribution in [-0.2, 0) is 4.74 Å². The number of nitrogens with zero attached hydrogens (tertiary/aromatic N) is 2. The lowest BCUT2D eigenvalue weighted by Gasteiger charge is -2.25. The minimum absolute atomic E-state index is 0.0407. The molecular formula is C17H19N3O3S. The van der Waals surface area contributed by atoms with Gasteiger partial charge in [-0.2, -0.15) is 0 Å². The molecule has 1 fully saturated rings. The quantitative estimate of drug-likeness (QED) is 0.858. The first-order chi connectivity index (χ1) is 11.7. The van der Waals surface area contributed by atoms with E-state index in [4.69, 9.17) is 4.74 Å². The fourth-order valence-electron chi connectivity index (χ4n) is 2.89. The molecule has 0 aromatic carbocycles. The number of thiophene rings is 1. The van der Waals surface area contributed by atoms with E-state index >= 15 is 0 Å². The lowest BCUT2D eigenvalue weighted by atomic mass is 10.1. The van der Waals surface area contributed by atoms with E-state index in [2.05, 4.69) is 10.3 Å². The summed E-state index contributed by atoms with van der Waals surface area (Å²) in [7, 11) is 0. The second kappa shape index (κ2) is 7.44. The van der Waals surface area contributed by atoms with E-state index in [0.29, 0.717) is 23.7 Å².